The molecule has 0 spiro atoms. The highest BCUT2D eigenvalue weighted by molar-refractivity contribution is 7.80. The number of nitrogens with zero attached hydrogens (tertiary/aromatic N) is 2. The van der Waals surface area contributed by atoms with E-state index < -0.39 is 0 Å². The van der Waals surface area contributed by atoms with Crippen molar-refractivity contribution in [3.05, 3.63) is 59.9 Å². The molecule has 0 unspecified atom stereocenters. The maximum atomic E-state index is 4.27. The Balaban J connectivity index is 0.00000392. The molecule has 0 atom stereocenters. The fraction of sp³-hybridized carbons (Fsp3) is 0.458. The Morgan fingerprint density at radius 3 is 1.93 bits per heavy atom. The second-order valence-corrected chi connectivity index (χ2v) is 8.64. The van der Waals surface area contributed by atoms with Gasteiger partial charge in [0, 0.05) is 52.2 Å². The first-order valence-corrected chi connectivity index (χ1v) is 10.7. The Hall–Kier alpha value is -1.01. The van der Waals surface area contributed by atoms with Crippen molar-refractivity contribution in [2.45, 2.75) is 52.0 Å². The predicted octanol–water partition coefficient (Wildman–Crippen LogP) is 2.83. The molecular formula is C24H35IN2S. The third-order valence-corrected chi connectivity index (χ3v) is 5.15. The van der Waals surface area contributed by atoms with Crippen molar-refractivity contribution in [2.24, 2.45) is 0 Å². The van der Waals surface area contributed by atoms with Crippen LogP contribution in [0.3, 0.4) is 0 Å². The second kappa shape index (κ2) is 12.5. The molecule has 0 radical (unpaired) electrons. The zero-order valence-corrected chi connectivity index (χ0v) is 20.8. The average Bonchev–Trinajstić information content (AvgIpc) is 2.66. The molecule has 2 nitrogen and oxygen atoms in total. The molecule has 0 bridgehead atoms. The highest BCUT2D eigenvalue weighted by Gasteiger charge is 2.19. The topological polar surface area (TPSA) is 7.12 Å². The van der Waals surface area contributed by atoms with Crippen molar-refractivity contribution in [2.75, 3.05) is 24.2 Å². The summed E-state index contributed by atoms with van der Waals surface area (Å²) in [5.41, 5.74) is 3.86. The van der Waals surface area contributed by atoms with Gasteiger partial charge in [0.1, 0.15) is 0 Å². The van der Waals surface area contributed by atoms with Crippen molar-refractivity contribution >= 4 is 30.5 Å². The van der Waals surface area contributed by atoms with Gasteiger partial charge in [0.05, 0.1) is 0 Å². The molecule has 0 N–H and O–H groups in total. The van der Waals surface area contributed by atoms with Gasteiger partial charge in [0.2, 0.25) is 0 Å². The normalized spacial score (nSPS) is 11.5. The zero-order chi connectivity index (χ0) is 19.7. The number of thiol groups is 1. The van der Waals surface area contributed by atoms with Crippen LogP contribution < -0.4 is 33.4 Å². The molecule has 0 saturated carbocycles. The van der Waals surface area contributed by atoms with Crippen LogP contribution in [0.15, 0.2) is 48.8 Å². The molecule has 0 aliphatic carbocycles. The molecule has 1 heterocycles. The number of halogens is 1. The number of rotatable bonds is 9. The molecule has 2 aromatic rings. The van der Waals surface area contributed by atoms with E-state index in [1.165, 1.54) is 42.5 Å². The lowest BCUT2D eigenvalue weighted by Crippen LogP contribution is -3.00. The summed E-state index contributed by atoms with van der Waals surface area (Å²) in [6.07, 6.45) is 13.7. The Labute approximate surface area is 194 Å². The fourth-order valence-corrected chi connectivity index (χ4v) is 3.20. The third-order valence-electron chi connectivity index (χ3n) is 4.83. The van der Waals surface area contributed by atoms with Gasteiger partial charge in [-0.2, -0.15) is 12.6 Å². The minimum absolute atomic E-state index is 0. The third kappa shape index (κ3) is 8.56. The van der Waals surface area contributed by atoms with Crippen molar-refractivity contribution in [1.29, 1.82) is 0 Å². The summed E-state index contributed by atoms with van der Waals surface area (Å²) in [6, 6.07) is 13.1. The van der Waals surface area contributed by atoms with E-state index in [2.05, 4.69) is 111 Å². The van der Waals surface area contributed by atoms with E-state index in [4.69, 9.17) is 0 Å². The minimum atomic E-state index is 0. The van der Waals surface area contributed by atoms with Crippen molar-refractivity contribution in [1.82, 2.24) is 0 Å². The van der Waals surface area contributed by atoms with Gasteiger partial charge < -0.3 is 28.9 Å². The molecule has 0 aliphatic rings. The number of benzene rings is 1. The van der Waals surface area contributed by atoms with Crippen LogP contribution in [0.5, 0.6) is 0 Å². The van der Waals surface area contributed by atoms with Crippen LogP contribution in [-0.4, -0.2) is 19.3 Å². The number of unbranched alkanes of at least 4 members (excludes halogenated alkanes) is 3. The van der Waals surface area contributed by atoms with E-state index in [1.807, 2.05) is 0 Å². The summed E-state index contributed by atoms with van der Waals surface area (Å²) in [5, 5.41) is 0. The Bertz CT molecular complexity index is 703. The van der Waals surface area contributed by atoms with E-state index in [9.17, 15) is 0 Å². The molecule has 154 valence electrons. The molecule has 0 fully saturated rings. The average molecular weight is 511 g/mol. The molecule has 1 aromatic carbocycles. The highest BCUT2D eigenvalue weighted by Crippen LogP contribution is 2.17. The number of pyridine rings is 1. The lowest BCUT2D eigenvalue weighted by atomic mass is 10.1. The molecule has 4 heteroatoms. The van der Waals surface area contributed by atoms with Gasteiger partial charge in [-0.05, 0) is 41.9 Å². The van der Waals surface area contributed by atoms with Crippen molar-refractivity contribution < 1.29 is 28.5 Å². The van der Waals surface area contributed by atoms with E-state index >= 15 is 0 Å². The summed E-state index contributed by atoms with van der Waals surface area (Å²) < 4.78 is 2.23. The van der Waals surface area contributed by atoms with Gasteiger partial charge in [0.25, 0.3) is 0 Å². The van der Waals surface area contributed by atoms with E-state index in [0.717, 1.165) is 12.3 Å². The summed E-state index contributed by atoms with van der Waals surface area (Å²) in [6.45, 7) is 7.75. The van der Waals surface area contributed by atoms with Gasteiger partial charge in [0.15, 0.2) is 17.9 Å². The predicted molar refractivity (Wildman–Crippen MR) is 123 cm³/mol. The molecule has 1 aromatic heterocycles. The SMILES string of the molecule is CN(CCCCCCS)c1ccc(/C=C/c2cc[n+](C(C)(C)C)cc2)cc1.[I-]. The van der Waals surface area contributed by atoms with Gasteiger partial charge in [-0.15, -0.1) is 0 Å². The van der Waals surface area contributed by atoms with Crippen LogP contribution in [0.1, 0.15) is 57.6 Å². The minimum Gasteiger partial charge on any atom is -1.00 e. The van der Waals surface area contributed by atoms with Crippen LogP contribution in [0.4, 0.5) is 5.69 Å². The Morgan fingerprint density at radius 1 is 0.857 bits per heavy atom. The van der Waals surface area contributed by atoms with E-state index in [0.29, 0.717) is 0 Å². The maximum absolute atomic E-state index is 4.27. The van der Waals surface area contributed by atoms with E-state index in [-0.39, 0.29) is 29.5 Å². The first kappa shape index (κ1) is 25.0. The van der Waals surface area contributed by atoms with Gasteiger partial charge in [-0.25, -0.2) is 4.57 Å². The van der Waals surface area contributed by atoms with Crippen LogP contribution in [0.2, 0.25) is 0 Å². The maximum Gasteiger partial charge on any atom is 0.169 e. The molecule has 0 amide bonds. The van der Waals surface area contributed by atoms with Gasteiger partial charge in [-0.3, -0.25) is 0 Å². The smallest absolute Gasteiger partial charge is 0.169 e. The first-order chi connectivity index (χ1) is 12.9. The highest BCUT2D eigenvalue weighted by atomic mass is 127. The molecule has 28 heavy (non-hydrogen) atoms. The number of hydrogen-bond acceptors (Lipinski definition) is 2. The van der Waals surface area contributed by atoms with Gasteiger partial charge in [-0.1, -0.05) is 37.1 Å². The number of aromatic nitrogens is 1. The van der Waals surface area contributed by atoms with E-state index in [1.54, 1.807) is 0 Å². The standard InChI is InChI=1S/C24H34N2S.HI/c1-24(2,3)26-18-15-22(16-19-26)10-9-21-11-13-23(14-12-21)25(4)17-7-5-6-8-20-27;/h9-16,18-19H,5-8,17,20H2,1-4H3;1H. The number of hydrogen-bond donors (Lipinski definition) is 1. The molecule has 0 aliphatic heterocycles. The van der Waals surface area contributed by atoms with Crippen molar-refractivity contribution in [3.63, 3.8) is 0 Å². The Morgan fingerprint density at radius 2 is 1.39 bits per heavy atom. The lowest BCUT2D eigenvalue weighted by molar-refractivity contribution is -0.754. The summed E-state index contributed by atoms with van der Waals surface area (Å²) in [7, 11) is 2.18. The van der Waals surface area contributed by atoms with Crippen LogP contribution in [0, 0.1) is 0 Å². The molecule has 0 saturated heterocycles. The second-order valence-electron chi connectivity index (χ2n) is 8.19. The molecule has 2 rings (SSSR count). The monoisotopic (exact) mass is 510 g/mol. The first-order valence-electron chi connectivity index (χ1n) is 10.0. The number of anilines is 1. The summed E-state index contributed by atoms with van der Waals surface area (Å²) >= 11 is 4.27. The Kier molecular flexibility index (Phi) is 11.2. The lowest BCUT2D eigenvalue weighted by Gasteiger charge is -2.19. The van der Waals surface area contributed by atoms with Crippen LogP contribution >= 0.6 is 12.6 Å². The van der Waals surface area contributed by atoms with Crippen LogP contribution in [-0.2, 0) is 5.54 Å². The van der Waals surface area contributed by atoms with Crippen molar-refractivity contribution in [3.8, 4) is 0 Å². The summed E-state index contributed by atoms with van der Waals surface area (Å²) in [4.78, 5) is 2.34. The largest absolute Gasteiger partial charge is 1.00 e. The van der Waals surface area contributed by atoms with Crippen LogP contribution in [0.25, 0.3) is 12.2 Å². The quantitative estimate of drug-likeness (QED) is 0.236. The zero-order valence-electron chi connectivity index (χ0n) is 17.7. The fourth-order valence-electron chi connectivity index (χ4n) is 2.97. The van der Waals surface area contributed by atoms with Gasteiger partial charge >= 0.3 is 0 Å². The summed E-state index contributed by atoms with van der Waals surface area (Å²) in [5.74, 6) is 1.00. The molecular weight excluding hydrogens is 475 g/mol.